The second-order valence-electron chi connectivity index (χ2n) is 8.83. The summed E-state index contributed by atoms with van der Waals surface area (Å²) in [5.41, 5.74) is 4.08. The van der Waals surface area contributed by atoms with E-state index in [1.165, 1.54) is 5.56 Å². The van der Waals surface area contributed by atoms with Gasteiger partial charge in [0.1, 0.15) is 6.04 Å². The quantitative estimate of drug-likeness (QED) is 0.324. The van der Waals surface area contributed by atoms with Gasteiger partial charge in [0.15, 0.2) is 0 Å². The van der Waals surface area contributed by atoms with E-state index in [1.54, 1.807) is 4.90 Å². The van der Waals surface area contributed by atoms with E-state index in [4.69, 9.17) is 11.6 Å². The van der Waals surface area contributed by atoms with Crippen LogP contribution in [0.2, 0.25) is 5.02 Å². The molecule has 7 heteroatoms. The van der Waals surface area contributed by atoms with Gasteiger partial charge in [0.25, 0.3) is 5.24 Å². The van der Waals surface area contributed by atoms with Crippen molar-refractivity contribution in [1.29, 1.82) is 0 Å². The molecular weight excluding hydrogens is 478 g/mol. The molecule has 2 N–H and O–H groups in total. The second kappa shape index (κ2) is 12.2. The van der Waals surface area contributed by atoms with Gasteiger partial charge in [0, 0.05) is 30.3 Å². The van der Waals surface area contributed by atoms with Crippen LogP contribution in [0, 0.1) is 0 Å². The van der Waals surface area contributed by atoms with Crippen molar-refractivity contribution in [3.8, 4) is 0 Å². The number of carbonyl (C=O) groups excluding carboxylic acids is 2. The zero-order valence-electron chi connectivity index (χ0n) is 19.5. The molecule has 5 nitrogen and oxygen atoms in total. The number of amides is 2. The summed E-state index contributed by atoms with van der Waals surface area (Å²) in [5, 5.41) is 7.04. The topological polar surface area (TPSA) is 61.4 Å². The van der Waals surface area contributed by atoms with Crippen molar-refractivity contribution < 1.29 is 9.59 Å². The van der Waals surface area contributed by atoms with Crippen LogP contribution in [-0.2, 0) is 11.2 Å². The zero-order valence-corrected chi connectivity index (χ0v) is 21.1. The molecule has 1 atom stereocenters. The van der Waals surface area contributed by atoms with Crippen LogP contribution in [-0.4, -0.2) is 35.7 Å². The Morgan fingerprint density at radius 1 is 0.943 bits per heavy atom. The molecule has 3 aromatic rings. The molecule has 1 aliphatic rings. The van der Waals surface area contributed by atoms with Crippen molar-refractivity contribution in [1.82, 2.24) is 10.2 Å². The fourth-order valence-corrected chi connectivity index (χ4v) is 4.80. The lowest BCUT2D eigenvalue weighted by Crippen LogP contribution is -2.34. The van der Waals surface area contributed by atoms with Gasteiger partial charge in [-0.25, -0.2) is 0 Å². The SMILES string of the molecule is O=C(Nc1ccc(C2CCN(C(=O)S)CC2)cc1)C(NCCc1ccc(Cl)cc1)c1ccccc1. The molecular formula is C28H30ClN3O2S. The molecule has 1 saturated heterocycles. The fourth-order valence-electron chi connectivity index (χ4n) is 4.48. The Morgan fingerprint density at radius 3 is 2.23 bits per heavy atom. The van der Waals surface area contributed by atoms with Gasteiger partial charge < -0.3 is 15.5 Å². The maximum absolute atomic E-state index is 13.3. The van der Waals surface area contributed by atoms with Crippen molar-refractivity contribution in [3.63, 3.8) is 0 Å². The van der Waals surface area contributed by atoms with E-state index in [-0.39, 0.29) is 11.1 Å². The molecule has 0 radical (unpaired) electrons. The van der Waals surface area contributed by atoms with E-state index in [2.05, 4.69) is 35.4 Å². The number of piperidine rings is 1. The van der Waals surface area contributed by atoms with Crippen molar-refractivity contribution in [2.75, 3.05) is 25.0 Å². The monoisotopic (exact) mass is 507 g/mol. The highest BCUT2D eigenvalue weighted by Crippen LogP contribution is 2.29. The molecule has 0 bridgehead atoms. The van der Waals surface area contributed by atoms with Crippen LogP contribution in [0.3, 0.4) is 0 Å². The second-order valence-corrected chi connectivity index (χ2v) is 9.65. The summed E-state index contributed by atoms with van der Waals surface area (Å²) in [6.07, 6.45) is 2.64. The maximum Gasteiger partial charge on any atom is 0.278 e. The first-order chi connectivity index (χ1) is 17.0. The fraction of sp³-hybridized carbons (Fsp3) is 0.286. The number of hydrogen-bond donors (Lipinski definition) is 3. The van der Waals surface area contributed by atoms with Crippen molar-refractivity contribution >= 4 is 41.1 Å². The van der Waals surface area contributed by atoms with E-state index in [0.29, 0.717) is 17.5 Å². The van der Waals surface area contributed by atoms with Crippen molar-refractivity contribution in [2.45, 2.75) is 31.2 Å². The first kappa shape index (κ1) is 25.3. The van der Waals surface area contributed by atoms with Crippen molar-refractivity contribution in [2.24, 2.45) is 0 Å². The molecule has 182 valence electrons. The van der Waals surface area contributed by atoms with E-state index < -0.39 is 6.04 Å². The van der Waals surface area contributed by atoms with Gasteiger partial charge in [0.2, 0.25) is 5.91 Å². The van der Waals surface area contributed by atoms with Gasteiger partial charge in [-0.2, -0.15) is 0 Å². The van der Waals surface area contributed by atoms with Crippen LogP contribution >= 0.6 is 24.2 Å². The van der Waals surface area contributed by atoms with E-state index in [9.17, 15) is 9.59 Å². The van der Waals surface area contributed by atoms with Crippen LogP contribution < -0.4 is 10.6 Å². The predicted octanol–water partition coefficient (Wildman–Crippen LogP) is 6.08. The smallest absolute Gasteiger partial charge is 0.278 e. The number of rotatable bonds is 8. The minimum atomic E-state index is -0.466. The van der Waals surface area contributed by atoms with Gasteiger partial charge >= 0.3 is 0 Å². The van der Waals surface area contributed by atoms with Crippen LogP contribution in [0.5, 0.6) is 0 Å². The Hall–Kier alpha value is -2.80. The van der Waals surface area contributed by atoms with Gasteiger partial charge in [-0.1, -0.05) is 78.8 Å². The molecule has 1 aliphatic heterocycles. The number of anilines is 1. The number of likely N-dealkylation sites (tertiary alicyclic amines) is 1. The lowest BCUT2D eigenvalue weighted by molar-refractivity contribution is -0.118. The Balaban J connectivity index is 1.37. The van der Waals surface area contributed by atoms with Gasteiger partial charge in [-0.3, -0.25) is 9.59 Å². The van der Waals surface area contributed by atoms with Crippen molar-refractivity contribution in [3.05, 3.63) is 101 Å². The van der Waals surface area contributed by atoms with E-state index >= 15 is 0 Å². The lowest BCUT2D eigenvalue weighted by Gasteiger charge is -2.31. The Morgan fingerprint density at radius 2 is 1.60 bits per heavy atom. The molecule has 35 heavy (non-hydrogen) atoms. The number of nitrogens with zero attached hydrogens (tertiary/aromatic N) is 1. The highest BCUT2D eigenvalue weighted by atomic mass is 35.5. The number of thiol groups is 1. The van der Waals surface area contributed by atoms with Crippen LogP contribution in [0.15, 0.2) is 78.9 Å². The molecule has 4 rings (SSSR count). The highest BCUT2D eigenvalue weighted by molar-refractivity contribution is 7.96. The lowest BCUT2D eigenvalue weighted by atomic mass is 9.89. The molecule has 0 saturated carbocycles. The Bertz CT molecular complexity index is 1120. The number of hydrogen-bond acceptors (Lipinski definition) is 3. The van der Waals surface area contributed by atoms with Gasteiger partial charge in [-0.15, -0.1) is 0 Å². The first-order valence-corrected chi connectivity index (χ1v) is 12.7. The molecule has 1 unspecified atom stereocenters. The zero-order chi connectivity index (χ0) is 24.6. The summed E-state index contributed by atoms with van der Waals surface area (Å²) in [5.74, 6) is 0.316. The third-order valence-electron chi connectivity index (χ3n) is 6.49. The van der Waals surface area contributed by atoms with Gasteiger partial charge in [0.05, 0.1) is 0 Å². The maximum atomic E-state index is 13.3. The average molecular weight is 508 g/mol. The molecule has 0 aliphatic carbocycles. The number of carbonyl (C=O) groups is 2. The minimum Gasteiger partial charge on any atom is -0.334 e. The molecule has 1 fully saturated rings. The summed E-state index contributed by atoms with van der Waals surface area (Å²) < 4.78 is 0. The molecule has 2 amide bonds. The molecule has 0 aromatic heterocycles. The first-order valence-electron chi connectivity index (χ1n) is 11.9. The Labute approximate surface area is 217 Å². The third kappa shape index (κ3) is 7.10. The summed E-state index contributed by atoms with van der Waals surface area (Å²) >= 11 is 9.91. The normalized spacial score (nSPS) is 15.0. The van der Waals surface area contributed by atoms with E-state index in [0.717, 1.165) is 49.2 Å². The third-order valence-corrected chi connectivity index (χ3v) is 7.02. The predicted molar refractivity (Wildman–Crippen MR) is 145 cm³/mol. The molecule has 1 heterocycles. The highest BCUT2D eigenvalue weighted by Gasteiger charge is 2.23. The molecule has 0 spiro atoms. The largest absolute Gasteiger partial charge is 0.334 e. The standard InChI is InChI=1S/C28H30ClN3O2S/c29-24-10-6-20(7-11-24)14-17-30-26(23-4-2-1-3-5-23)27(33)31-25-12-8-21(9-13-25)22-15-18-32(19-16-22)28(34)35/h1-13,22,26,30H,14-19H2,(H,31,33)(H,34,35). The van der Waals surface area contributed by atoms with Gasteiger partial charge in [-0.05, 0) is 66.1 Å². The summed E-state index contributed by atoms with van der Waals surface area (Å²) in [7, 11) is 0. The average Bonchev–Trinajstić information content (AvgIpc) is 2.88. The van der Waals surface area contributed by atoms with Crippen LogP contribution in [0.1, 0.15) is 41.5 Å². The number of nitrogens with one attached hydrogen (secondary N) is 2. The van der Waals surface area contributed by atoms with Crippen LogP contribution in [0.25, 0.3) is 0 Å². The summed E-state index contributed by atoms with van der Waals surface area (Å²) in [6.45, 7) is 2.11. The minimum absolute atomic E-state index is 0.0966. The molecule has 3 aromatic carbocycles. The van der Waals surface area contributed by atoms with Crippen LogP contribution in [0.4, 0.5) is 10.5 Å². The number of halogens is 1. The summed E-state index contributed by atoms with van der Waals surface area (Å²) in [4.78, 5) is 26.5. The number of benzene rings is 3. The Kier molecular flexibility index (Phi) is 8.85. The summed E-state index contributed by atoms with van der Waals surface area (Å²) in [6, 6.07) is 25.1. The van der Waals surface area contributed by atoms with E-state index in [1.807, 2.05) is 66.7 Å².